The van der Waals surface area contributed by atoms with E-state index in [1.807, 2.05) is 6.08 Å². The molecule has 1 unspecified atom stereocenters. The van der Waals surface area contributed by atoms with Gasteiger partial charge in [0.1, 0.15) is 5.78 Å². The van der Waals surface area contributed by atoms with Gasteiger partial charge in [0.15, 0.2) is 0 Å². The first-order chi connectivity index (χ1) is 5.18. The van der Waals surface area contributed by atoms with Crippen molar-refractivity contribution in [2.75, 3.05) is 6.61 Å². The standard InChI is InChI=1S/C9H14O2/c1-7-3-4-11-9(5-7)6-8(2)10/h5,9H,3-4,6H2,1-2H3. The molecule has 0 aromatic rings. The highest BCUT2D eigenvalue weighted by Gasteiger charge is 2.12. The highest BCUT2D eigenvalue weighted by Crippen LogP contribution is 2.14. The molecule has 0 amide bonds. The van der Waals surface area contributed by atoms with Crippen LogP contribution in [0.2, 0.25) is 0 Å². The fourth-order valence-corrected chi connectivity index (χ4v) is 1.22. The van der Waals surface area contributed by atoms with Gasteiger partial charge < -0.3 is 4.74 Å². The van der Waals surface area contributed by atoms with Gasteiger partial charge in [0.25, 0.3) is 0 Å². The molecule has 11 heavy (non-hydrogen) atoms. The van der Waals surface area contributed by atoms with Crippen molar-refractivity contribution in [1.82, 2.24) is 0 Å². The van der Waals surface area contributed by atoms with E-state index in [0.29, 0.717) is 6.42 Å². The number of Topliss-reactive ketones (excluding diaryl/α,β-unsaturated/α-hetero) is 1. The number of hydrogen-bond acceptors (Lipinski definition) is 2. The Morgan fingerprint density at radius 3 is 3.09 bits per heavy atom. The molecule has 2 heteroatoms. The van der Waals surface area contributed by atoms with Gasteiger partial charge >= 0.3 is 0 Å². The largest absolute Gasteiger partial charge is 0.373 e. The maximum Gasteiger partial charge on any atom is 0.132 e. The normalized spacial score (nSPS) is 24.5. The van der Waals surface area contributed by atoms with Crippen LogP contribution in [0.25, 0.3) is 0 Å². The van der Waals surface area contributed by atoms with Gasteiger partial charge in [-0.1, -0.05) is 11.6 Å². The van der Waals surface area contributed by atoms with E-state index in [0.717, 1.165) is 13.0 Å². The zero-order chi connectivity index (χ0) is 8.27. The summed E-state index contributed by atoms with van der Waals surface area (Å²) in [5.41, 5.74) is 1.34. The Morgan fingerprint density at radius 1 is 1.82 bits per heavy atom. The summed E-state index contributed by atoms with van der Waals surface area (Å²) in [7, 11) is 0. The van der Waals surface area contributed by atoms with Crippen molar-refractivity contribution in [2.24, 2.45) is 0 Å². The summed E-state index contributed by atoms with van der Waals surface area (Å²) in [4.78, 5) is 10.7. The van der Waals surface area contributed by atoms with Gasteiger partial charge in [-0.05, 0) is 20.3 Å². The number of ether oxygens (including phenoxy) is 1. The van der Waals surface area contributed by atoms with Crippen LogP contribution in [0.1, 0.15) is 26.7 Å². The van der Waals surface area contributed by atoms with Gasteiger partial charge in [0, 0.05) is 6.42 Å². The Morgan fingerprint density at radius 2 is 2.55 bits per heavy atom. The summed E-state index contributed by atoms with van der Waals surface area (Å²) in [6.07, 6.45) is 3.62. The molecule has 2 nitrogen and oxygen atoms in total. The lowest BCUT2D eigenvalue weighted by atomic mass is 10.1. The first kappa shape index (κ1) is 8.47. The predicted molar refractivity (Wildman–Crippen MR) is 43.4 cm³/mol. The van der Waals surface area contributed by atoms with Crippen molar-refractivity contribution >= 4 is 5.78 Å². The highest BCUT2D eigenvalue weighted by molar-refractivity contribution is 5.76. The minimum Gasteiger partial charge on any atom is -0.373 e. The molecule has 0 saturated heterocycles. The molecule has 1 atom stereocenters. The summed E-state index contributed by atoms with van der Waals surface area (Å²) in [6.45, 7) is 4.44. The zero-order valence-electron chi connectivity index (χ0n) is 7.09. The van der Waals surface area contributed by atoms with E-state index in [4.69, 9.17) is 4.74 Å². The lowest BCUT2D eigenvalue weighted by molar-refractivity contribution is -0.119. The third-order valence-corrected chi connectivity index (χ3v) is 1.79. The number of rotatable bonds is 2. The number of ketones is 1. The van der Waals surface area contributed by atoms with E-state index in [1.54, 1.807) is 6.92 Å². The van der Waals surface area contributed by atoms with Gasteiger partial charge in [0.2, 0.25) is 0 Å². The number of carbonyl (C=O) groups is 1. The zero-order valence-corrected chi connectivity index (χ0v) is 7.09. The fraction of sp³-hybridized carbons (Fsp3) is 0.667. The second-order valence-corrected chi connectivity index (χ2v) is 3.08. The topological polar surface area (TPSA) is 26.3 Å². The molecule has 0 N–H and O–H groups in total. The van der Waals surface area contributed by atoms with E-state index < -0.39 is 0 Å². The van der Waals surface area contributed by atoms with E-state index in [2.05, 4.69) is 6.92 Å². The fourth-order valence-electron chi connectivity index (χ4n) is 1.22. The Kier molecular flexibility index (Phi) is 2.83. The molecule has 0 bridgehead atoms. The molecule has 0 spiro atoms. The second-order valence-electron chi connectivity index (χ2n) is 3.08. The van der Waals surface area contributed by atoms with Gasteiger partial charge in [-0.2, -0.15) is 0 Å². The van der Waals surface area contributed by atoms with Crippen LogP contribution in [0.15, 0.2) is 11.6 Å². The first-order valence-corrected chi connectivity index (χ1v) is 3.97. The Labute approximate surface area is 67.2 Å². The van der Waals surface area contributed by atoms with Crippen LogP contribution in [0.4, 0.5) is 0 Å². The SMILES string of the molecule is CC(=O)CC1C=C(C)CCO1. The number of carbonyl (C=O) groups excluding carboxylic acids is 1. The van der Waals surface area contributed by atoms with Crippen LogP contribution in [-0.4, -0.2) is 18.5 Å². The smallest absolute Gasteiger partial charge is 0.132 e. The van der Waals surface area contributed by atoms with E-state index >= 15 is 0 Å². The van der Waals surface area contributed by atoms with Crippen molar-refractivity contribution in [3.8, 4) is 0 Å². The summed E-state index contributed by atoms with van der Waals surface area (Å²) < 4.78 is 5.36. The van der Waals surface area contributed by atoms with E-state index in [1.165, 1.54) is 5.57 Å². The van der Waals surface area contributed by atoms with Crippen LogP contribution >= 0.6 is 0 Å². The Balaban J connectivity index is 2.46. The Bertz CT molecular complexity index is 182. The molecule has 1 rings (SSSR count). The van der Waals surface area contributed by atoms with Crippen molar-refractivity contribution < 1.29 is 9.53 Å². The van der Waals surface area contributed by atoms with Crippen LogP contribution in [0, 0.1) is 0 Å². The van der Waals surface area contributed by atoms with Crippen LogP contribution in [0.3, 0.4) is 0 Å². The third kappa shape index (κ3) is 2.85. The molecule has 0 aliphatic carbocycles. The summed E-state index contributed by atoms with van der Waals surface area (Å²) in [5.74, 6) is 0.195. The minimum atomic E-state index is 0.0428. The first-order valence-electron chi connectivity index (χ1n) is 3.97. The van der Waals surface area contributed by atoms with Crippen molar-refractivity contribution in [3.05, 3.63) is 11.6 Å². The lowest BCUT2D eigenvalue weighted by Gasteiger charge is -2.18. The summed E-state index contributed by atoms with van der Waals surface area (Å²) >= 11 is 0. The van der Waals surface area contributed by atoms with Crippen molar-refractivity contribution in [1.29, 1.82) is 0 Å². The molecule has 0 aromatic heterocycles. The molecule has 1 aliphatic rings. The molecule has 0 saturated carbocycles. The molecular formula is C9H14O2. The lowest BCUT2D eigenvalue weighted by Crippen LogP contribution is -2.19. The van der Waals surface area contributed by atoms with Crippen LogP contribution < -0.4 is 0 Å². The third-order valence-electron chi connectivity index (χ3n) is 1.79. The average molecular weight is 154 g/mol. The maximum absolute atomic E-state index is 10.7. The van der Waals surface area contributed by atoms with Crippen LogP contribution in [-0.2, 0) is 9.53 Å². The molecule has 0 aromatic carbocycles. The predicted octanol–water partition coefficient (Wildman–Crippen LogP) is 1.70. The van der Waals surface area contributed by atoms with Gasteiger partial charge in [-0.15, -0.1) is 0 Å². The van der Waals surface area contributed by atoms with Crippen molar-refractivity contribution in [2.45, 2.75) is 32.8 Å². The minimum absolute atomic E-state index is 0.0428. The van der Waals surface area contributed by atoms with E-state index in [-0.39, 0.29) is 11.9 Å². The summed E-state index contributed by atoms with van der Waals surface area (Å²) in [5, 5.41) is 0. The van der Waals surface area contributed by atoms with Gasteiger partial charge in [0.05, 0.1) is 12.7 Å². The average Bonchev–Trinajstić information content (AvgIpc) is 1.85. The molecule has 0 fully saturated rings. The van der Waals surface area contributed by atoms with Gasteiger partial charge in [-0.25, -0.2) is 0 Å². The number of hydrogen-bond donors (Lipinski definition) is 0. The van der Waals surface area contributed by atoms with E-state index in [9.17, 15) is 4.79 Å². The molecule has 1 aliphatic heterocycles. The summed E-state index contributed by atoms with van der Waals surface area (Å²) in [6, 6.07) is 0. The molecule has 0 radical (unpaired) electrons. The highest BCUT2D eigenvalue weighted by atomic mass is 16.5. The molecule has 1 heterocycles. The quantitative estimate of drug-likeness (QED) is 0.566. The van der Waals surface area contributed by atoms with Crippen LogP contribution in [0.5, 0.6) is 0 Å². The molecule has 62 valence electrons. The van der Waals surface area contributed by atoms with Crippen molar-refractivity contribution in [3.63, 3.8) is 0 Å². The maximum atomic E-state index is 10.7. The molecular weight excluding hydrogens is 140 g/mol. The Hall–Kier alpha value is -0.630. The van der Waals surface area contributed by atoms with Gasteiger partial charge in [-0.3, -0.25) is 4.79 Å². The second kappa shape index (κ2) is 3.67. The monoisotopic (exact) mass is 154 g/mol.